The van der Waals surface area contributed by atoms with Crippen LogP contribution in [0.25, 0.3) is 0 Å². The van der Waals surface area contributed by atoms with Crippen LogP contribution in [0.2, 0.25) is 0 Å². The molecule has 0 aromatic carbocycles. The molecule has 1 aromatic rings. The number of hydrogen-bond donors (Lipinski definition) is 1. The largest absolute Gasteiger partial charge is 0.387 e. The molecule has 0 unspecified atom stereocenters. The second-order valence-corrected chi connectivity index (χ2v) is 3.91. The molecule has 0 saturated heterocycles. The monoisotopic (exact) mass is 208 g/mol. The number of nitrogens with zero attached hydrogens (tertiary/aromatic N) is 3. The highest BCUT2D eigenvalue weighted by molar-refractivity contribution is 5.54. The molecule has 15 heavy (non-hydrogen) atoms. The molecule has 1 N–H and O–H groups in total. The molecule has 0 spiro atoms. The van der Waals surface area contributed by atoms with Crippen LogP contribution in [0.15, 0.2) is 18.5 Å². The highest BCUT2D eigenvalue weighted by Crippen LogP contribution is 2.15. The lowest BCUT2D eigenvalue weighted by Gasteiger charge is -2.21. The Hall–Kier alpha value is -1.29. The summed E-state index contributed by atoms with van der Waals surface area (Å²) in [7, 11) is 8.15. The summed E-state index contributed by atoms with van der Waals surface area (Å²) in [6, 6.07) is 2.10. The van der Waals surface area contributed by atoms with E-state index >= 15 is 0 Å². The van der Waals surface area contributed by atoms with Crippen molar-refractivity contribution in [2.24, 2.45) is 0 Å². The van der Waals surface area contributed by atoms with Gasteiger partial charge in [-0.3, -0.25) is 4.98 Å². The first-order valence-electron chi connectivity index (χ1n) is 5.12. The number of aromatic nitrogens is 1. The van der Waals surface area contributed by atoms with Crippen LogP contribution in [-0.4, -0.2) is 51.2 Å². The zero-order valence-corrected chi connectivity index (χ0v) is 9.99. The van der Waals surface area contributed by atoms with Gasteiger partial charge in [0.15, 0.2) is 0 Å². The molecule has 0 bridgehead atoms. The highest BCUT2D eigenvalue weighted by Gasteiger charge is 2.02. The van der Waals surface area contributed by atoms with E-state index in [1.54, 1.807) is 0 Å². The summed E-state index contributed by atoms with van der Waals surface area (Å²) in [6.07, 6.45) is 3.71. The number of rotatable bonds is 5. The smallest absolute Gasteiger partial charge is 0.0571 e. The highest BCUT2D eigenvalue weighted by atomic mass is 15.2. The molecular weight excluding hydrogens is 188 g/mol. The van der Waals surface area contributed by atoms with Crippen molar-refractivity contribution in [2.75, 3.05) is 51.5 Å². The lowest BCUT2D eigenvalue weighted by molar-refractivity contribution is 0.416. The van der Waals surface area contributed by atoms with Gasteiger partial charge < -0.3 is 15.1 Å². The molecule has 4 heteroatoms. The molecular formula is C11H20N4. The third kappa shape index (κ3) is 3.75. The van der Waals surface area contributed by atoms with Gasteiger partial charge in [-0.05, 0) is 20.2 Å². The third-order valence-corrected chi connectivity index (χ3v) is 2.34. The summed E-state index contributed by atoms with van der Waals surface area (Å²) in [5.74, 6) is 0. The maximum absolute atomic E-state index is 4.19. The summed E-state index contributed by atoms with van der Waals surface area (Å²) in [6.45, 7) is 2.04. The van der Waals surface area contributed by atoms with Crippen molar-refractivity contribution in [1.29, 1.82) is 0 Å². The number of nitrogens with one attached hydrogen (secondary N) is 1. The van der Waals surface area contributed by atoms with E-state index in [2.05, 4.69) is 47.3 Å². The van der Waals surface area contributed by atoms with E-state index in [1.807, 2.05) is 19.4 Å². The Balaban J connectivity index is 2.60. The van der Waals surface area contributed by atoms with Crippen LogP contribution >= 0.6 is 0 Å². The standard InChI is InChI=1S/C11H20N4/c1-12-10-7-11(9-13-8-10)15(4)6-5-14(2)3/h7-9,12H,5-6H2,1-4H3. The first-order chi connectivity index (χ1) is 7.13. The number of hydrogen-bond acceptors (Lipinski definition) is 4. The van der Waals surface area contributed by atoms with Gasteiger partial charge in [-0.25, -0.2) is 0 Å². The number of likely N-dealkylation sites (N-methyl/N-ethyl adjacent to an activating group) is 2. The van der Waals surface area contributed by atoms with E-state index in [-0.39, 0.29) is 0 Å². The van der Waals surface area contributed by atoms with Crippen LogP contribution in [0.3, 0.4) is 0 Å². The zero-order valence-electron chi connectivity index (χ0n) is 9.99. The van der Waals surface area contributed by atoms with E-state index in [1.165, 1.54) is 0 Å². The fourth-order valence-corrected chi connectivity index (χ4v) is 1.25. The second-order valence-electron chi connectivity index (χ2n) is 3.91. The molecule has 84 valence electrons. The van der Waals surface area contributed by atoms with Gasteiger partial charge in [-0.1, -0.05) is 0 Å². The number of anilines is 2. The van der Waals surface area contributed by atoms with Crippen molar-refractivity contribution in [3.8, 4) is 0 Å². The van der Waals surface area contributed by atoms with Gasteiger partial charge in [-0.15, -0.1) is 0 Å². The third-order valence-electron chi connectivity index (χ3n) is 2.34. The van der Waals surface area contributed by atoms with Crippen molar-refractivity contribution in [3.05, 3.63) is 18.5 Å². The fraction of sp³-hybridized carbons (Fsp3) is 0.545. The SMILES string of the molecule is CNc1cncc(N(C)CCN(C)C)c1. The van der Waals surface area contributed by atoms with Gasteiger partial charge in [0.2, 0.25) is 0 Å². The van der Waals surface area contributed by atoms with Crippen molar-refractivity contribution in [2.45, 2.75) is 0 Å². The Labute approximate surface area is 91.9 Å². The first kappa shape index (κ1) is 11.8. The quantitative estimate of drug-likeness (QED) is 0.786. The maximum atomic E-state index is 4.19. The van der Waals surface area contributed by atoms with Crippen molar-refractivity contribution >= 4 is 11.4 Å². The molecule has 0 radical (unpaired) electrons. The van der Waals surface area contributed by atoms with Gasteiger partial charge in [0.05, 0.1) is 23.8 Å². The van der Waals surface area contributed by atoms with Gasteiger partial charge in [0, 0.05) is 27.2 Å². The minimum absolute atomic E-state index is 1.00. The summed E-state index contributed by atoms with van der Waals surface area (Å²) in [5.41, 5.74) is 2.19. The fourth-order valence-electron chi connectivity index (χ4n) is 1.25. The Morgan fingerprint density at radius 3 is 2.53 bits per heavy atom. The Morgan fingerprint density at radius 1 is 1.20 bits per heavy atom. The molecule has 0 fully saturated rings. The molecule has 1 aromatic heterocycles. The van der Waals surface area contributed by atoms with Gasteiger partial charge in [-0.2, -0.15) is 0 Å². The van der Waals surface area contributed by atoms with Crippen molar-refractivity contribution < 1.29 is 0 Å². The van der Waals surface area contributed by atoms with Crippen LogP contribution in [0.4, 0.5) is 11.4 Å². The second kappa shape index (κ2) is 5.56. The van der Waals surface area contributed by atoms with Crippen LogP contribution in [-0.2, 0) is 0 Å². The van der Waals surface area contributed by atoms with E-state index in [4.69, 9.17) is 0 Å². The molecule has 0 atom stereocenters. The topological polar surface area (TPSA) is 31.4 Å². The molecule has 0 aliphatic rings. The van der Waals surface area contributed by atoms with Crippen LogP contribution in [0.1, 0.15) is 0 Å². The average Bonchev–Trinajstić information content (AvgIpc) is 2.26. The Morgan fingerprint density at radius 2 is 1.93 bits per heavy atom. The minimum atomic E-state index is 1.00. The van der Waals surface area contributed by atoms with Crippen molar-refractivity contribution in [1.82, 2.24) is 9.88 Å². The molecule has 0 amide bonds. The Bertz CT molecular complexity index is 298. The molecule has 4 nitrogen and oxygen atoms in total. The lowest BCUT2D eigenvalue weighted by Crippen LogP contribution is -2.28. The summed E-state index contributed by atoms with van der Waals surface area (Å²) < 4.78 is 0. The predicted molar refractivity (Wildman–Crippen MR) is 65.6 cm³/mol. The molecule has 1 rings (SSSR count). The lowest BCUT2D eigenvalue weighted by atomic mass is 10.3. The first-order valence-corrected chi connectivity index (χ1v) is 5.12. The minimum Gasteiger partial charge on any atom is -0.387 e. The normalized spacial score (nSPS) is 10.5. The maximum Gasteiger partial charge on any atom is 0.0571 e. The number of pyridine rings is 1. The molecule has 0 saturated carbocycles. The zero-order chi connectivity index (χ0) is 11.3. The predicted octanol–water partition coefficient (Wildman–Crippen LogP) is 1.12. The molecule has 1 heterocycles. The van der Waals surface area contributed by atoms with Crippen LogP contribution in [0, 0.1) is 0 Å². The van der Waals surface area contributed by atoms with Gasteiger partial charge >= 0.3 is 0 Å². The molecule has 0 aliphatic carbocycles. The Kier molecular flexibility index (Phi) is 4.37. The molecule has 0 aliphatic heterocycles. The van der Waals surface area contributed by atoms with E-state index < -0.39 is 0 Å². The van der Waals surface area contributed by atoms with E-state index in [0.717, 1.165) is 24.5 Å². The van der Waals surface area contributed by atoms with Crippen LogP contribution < -0.4 is 10.2 Å². The van der Waals surface area contributed by atoms with Gasteiger partial charge in [0.25, 0.3) is 0 Å². The average molecular weight is 208 g/mol. The summed E-state index contributed by atoms with van der Waals surface area (Å²) in [4.78, 5) is 8.56. The van der Waals surface area contributed by atoms with Gasteiger partial charge in [0.1, 0.15) is 0 Å². The summed E-state index contributed by atoms with van der Waals surface area (Å²) >= 11 is 0. The van der Waals surface area contributed by atoms with E-state index in [0.29, 0.717) is 0 Å². The van der Waals surface area contributed by atoms with E-state index in [9.17, 15) is 0 Å². The van der Waals surface area contributed by atoms with Crippen molar-refractivity contribution in [3.63, 3.8) is 0 Å². The summed E-state index contributed by atoms with van der Waals surface area (Å²) in [5, 5.41) is 3.09. The van der Waals surface area contributed by atoms with Crippen LogP contribution in [0.5, 0.6) is 0 Å².